The van der Waals surface area contributed by atoms with Gasteiger partial charge in [-0.3, -0.25) is 4.79 Å². The number of aryl methyl sites for hydroxylation is 1. The molecule has 98 valence electrons. The number of ether oxygens (including phenoxy) is 1. The molecule has 0 saturated carbocycles. The summed E-state index contributed by atoms with van der Waals surface area (Å²) < 4.78 is 18.7. The highest BCUT2D eigenvalue weighted by Crippen LogP contribution is 2.22. The quantitative estimate of drug-likeness (QED) is 0.825. The molecule has 1 fully saturated rings. The van der Waals surface area contributed by atoms with Gasteiger partial charge in [0.25, 0.3) is 0 Å². The third-order valence-electron chi connectivity index (χ3n) is 3.39. The minimum atomic E-state index is -0.296. The van der Waals surface area contributed by atoms with Gasteiger partial charge in [-0.25, -0.2) is 4.39 Å². The summed E-state index contributed by atoms with van der Waals surface area (Å²) in [5.41, 5.74) is 0.913. The molecule has 0 N–H and O–H groups in total. The van der Waals surface area contributed by atoms with Crippen LogP contribution in [0.3, 0.4) is 0 Å². The number of nitrogens with zero attached hydrogens (tertiary/aromatic N) is 1. The molecule has 0 aromatic heterocycles. The number of halogens is 1. The Kier molecular flexibility index (Phi) is 3.84. The Hall–Kier alpha value is -1.58. The predicted molar refractivity (Wildman–Crippen MR) is 67.0 cm³/mol. The molecule has 1 aliphatic rings. The molecule has 1 heterocycles. The van der Waals surface area contributed by atoms with Crippen LogP contribution in [-0.4, -0.2) is 31.0 Å². The van der Waals surface area contributed by atoms with E-state index >= 15 is 0 Å². The fourth-order valence-electron chi connectivity index (χ4n) is 2.09. The van der Waals surface area contributed by atoms with Gasteiger partial charge >= 0.3 is 0 Å². The van der Waals surface area contributed by atoms with Crippen LogP contribution in [-0.2, 0) is 4.79 Å². The molecule has 3 nitrogen and oxygen atoms in total. The van der Waals surface area contributed by atoms with Gasteiger partial charge in [-0.15, -0.1) is 0 Å². The summed E-state index contributed by atoms with van der Waals surface area (Å²) in [6.45, 7) is 3.13. The van der Waals surface area contributed by atoms with Crippen LogP contribution in [0.1, 0.15) is 18.4 Å². The summed E-state index contributed by atoms with van der Waals surface area (Å²) in [5.74, 6) is 0.665. The van der Waals surface area contributed by atoms with Crippen LogP contribution in [0.25, 0.3) is 0 Å². The number of carbonyl (C=O) groups excluding carboxylic acids is 1. The standard InChI is InChI=1S/C14H18FNO2/c1-10-3-4-12(15)8-13(10)18-9-11-5-6-16(2)14(17)7-11/h3-4,8,11H,5-7,9H2,1-2H3. The lowest BCUT2D eigenvalue weighted by Crippen LogP contribution is -2.37. The van der Waals surface area contributed by atoms with E-state index in [1.165, 1.54) is 12.1 Å². The van der Waals surface area contributed by atoms with E-state index < -0.39 is 0 Å². The Balaban J connectivity index is 1.92. The zero-order valence-electron chi connectivity index (χ0n) is 10.8. The van der Waals surface area contributed by atoms with Gasteiger partial charge in [-0.2, -0.15) is 0 Å². The van der Waals surface area contributed by atoms with Crippen molar-refractivity contribution in [3.63, 3.8) is 0 Å². The minimum Gasteiger partial charge on any atom is -0.493 e. The van der Waals surface area contributed by atoms with E-state index in [2.05, 4.69) is 0 Å². The zero-order chi connectivity index (χ0) is 13.1. The second-order valence-electron chi connectivity index (χ2n) is 4.89. The second kappa shape index (κ2) is 5.38. The smallest absolute Gasteiger partial charge is 0.222 e. The summed E-state index contributed by atoms with van der Waals surface area (Å²) in [7, 11) is 1.82. The van der Waals surface area contributed by atoms with Crippen molar-refractivity contribution in [3.05, 3.63) is 29.6 Å². The maximum atomic E-state index is 13.1. The third kappa shape index (κ3) is 3.00. The van der Waals surface area contributed by atoms with Gasteiger partial charge in [0.05, 0.1) is 6.61 Å². The van der Waals surface area contributed by atoms with Crippen LogP contribution in [0.4, 0.5) is 4.39 Å². The SMILES string of the molecule is Cc1ccc(F)cc1OCC1CCN(C)C(=O)C1. The number of carbonyl (C=O) groups is 1. The van der Waals surface area contributed by atoms with Gasteiger partial charge in [-0.05, 0) is 25.0 Å². The first-order valence-electron chi connectivity index (χ1n) is 6.19. The lowest BCUT2D eigenvalue weighted by Gasteiger charge is -2.28. The lowest BCUT2D eigenvalue weighted by atomic mass is 9.97. The Bertz CT molecular complexity index is 447. The van der Waals surface area contributed by atoms with Crippen molar-refractivity contribution >= 4 is 5.91 Å². The van der Waals surface area contributed by atoms with E-state index in [0.29, 0.717) is 18.8 Å². The summed E-state index contributed by atoms with van der Waals surface area (Å²) in [6, 6.07) is 4.51. The van der Waals surface area contributed by atoms with Crippen LogP contribution >= 0.6 is 0 Å². The lowest BCUT2D eigenvalue weighted by molar-refractivity contribution is -0.133. The maximum Gasteiger partial charge on any atom is 0.222 e. The zero-order valence-corrected chi connectivity index (χ0v) is 10.8. The molecule has 0 aliphatic carbocycles. The van der Waals surface area contributed by atoms with E-state index in [9.17, 15) is 9.18 Å². The van der Waals surface area contributed by atoms with Gasteiger partial charge < -0.3 is 9.64 Å². The van der Waals surface area contributed by atoms with Crippen LogP contribution in [0.2, 0.25) is 0 Å². The largest absolute Gasteiger partial charge is 0.493 e. The van der Waals surface area contributed by atoms with Crippen molar-refractivity contribution in [1.29, 1.82) is 0 Å². The number of amides is 1. The molecular weight excluding hydrogens is 233 g/mol. The normalized spacial score (nSPS) is 20.1. The first kappa shape index (κ1) is 12.9. The van der Waals surface area contributed by atoms with Crippen molar-refractivity contribution in [2.24, 2.45) is 5.92 Å². The van der Waals surface area contributed by atoms with Crippen LogP contribution in [0.5, 0.6) is 5.75 Å². The molecule has 1 aliphatic heterocycles. The number of hydrogen-bond acceptors (Lipinski definition) is 2. The molecule has 0 spiro atoms. The third-order valence-corrected chi connectivity index (χ3v) is 3.39. The number of piperidine rings is 1. The molecule has 1 amide bonds. The Morgan fingerprint density at radius 2 is 2.28 bits per heavy atom. The first-order valence-corrected chi connectivity index (χ1v) is 6.19. The van der Waals surface area contributed by atoms with Crippen molar-refractivity contribution in [1.82, 2.24) is 4.90 Å². The Labute approximate surface area is 107 Å². The van der Waals surface area contributed by atoms with Gasteiger partial charge in [-0.1, -0.05) is 6.07 Å². The molecule has 1 aromatic carbocycles. The molecule has 2 rings (SSSR count). The molecule has 0 bridgehead atoms. The van der Waals surface area contributed by atoms with E-state index in [0.717, 1.165) is 18.5 Å². The monoisotopic (exact) mass is 251 g/mol. The molecule has 18 heavy (non-hydrogen) atoms. The predicted octanol–water partition coefficient (Wildman–Crippen LogP) is 2.38. The number of rotatable bonds is 3. The van der Waals surface area contributed by atoms with E-state index in [4.69, 9.17) is 4.74 Å². The van der Waals surface area contributed by atoms with Crippen molar-refractivity contribution < 1.29 is 13.9 Å². The molecule has 1 saturated heterocycles. The van der Waals surface area contributed by atoms with Gasteiger partial charge in [0.1, 0.15) is 11.6 Å². The summed E-state index contributed by atoms with van der Waals surface area (Å²) in [5, 5.41) is 0. The topological polar surface area (TPSA) is 29.5 Å². The molecule has 1 unspecified atom stereocenters. The van der Waals surface area contributed by atoms with Gasteiger partial charge in [0.15, 0.2) is 0 Å². The Morgan fingerprint density at radius 3 is 3.00 bits per heavy atom. The molecule has 1 aromatic rings. The van der Waals surface area contributed by atoms with Gasteiger partial charge in [0, 0.05) is 32.0 Å². The van der Waals surface area contributed by atoms with Crippen LogP contribution < -0.4 is 4.74 Å². The molecule has 4 heteroatoms. The van der Waals surface area contributed by atoms with Crippen LogP contribution in [0, 0.1) is 18.7 Å². The van der Waals surface area contributed by atoms with Gasteiger partial charge in [0.2, 0.25) is 5.91 Å². The summed E-state index contributed by atoms with van der Waals surface area (Å²) >= 11 is 0. The van der Waals surface area contributed by atoms with E-state index in [-0.39, 0.29) is 17.6 Å². The highest BCUT2D eigenvalue weighted by Gasteiger charge is 2.23. The molecule has 1 atom stereocenters. The van der Waals surface area contributed by atoms with Crippen LogP contribution in [0.15, 0.2) is 18.2 Å². The maximum absolute atomic E-state index is 13.1. The average Bonchev–Trinajstić information content (AvgIpc) is 2.34. The second-order valence-corrected chi connectivity index (χ2v) is 4.89. The average molecular weight is 251 g/mol. The molecular formula is C14H18FNO2. The highest BCUT2D eigenvalue weighted by molar-refractivity contribution is 5.76. The fourth-order valence-corrected chi connectivity index (χ4v) is 2.09. The summed E-state index contributed by atoms with van der Waals surface area (Å²) in [4.78, 5) is 13.3. The van der Waals surface area contributed by atoms with Crippen molar-refractivity contribution in [3.8, 4) is 5.75 Å². The molecule has 0 radical (unpaired) electrons. The van der Waals surface area contributed by atoms with Crippen molar-refractivity contribution in [2.45, 2.75) is 19.8 Å². The van der Waals surface area contributed by atoms with Crippen molar-refractivity contribution in [2.75, 3.05) is 20.2 Å². The highest BCUT2D eigenvalue weighted by atomic mass is 19.1. The first-order chi connectivity index (χ1) is 8.56. The number of benzene rings is 1. The fraction of sp³-hybridized carbons (Fsp3) is 0.500. The van der Waals surface area contributed by atoms with E-state index in [1.54, 1.807) is 11.0 Å². The minimum absolute atomic E-state index is 0.158. The Morgan fingerprint density at radius 1 is 1.50 bits per heavy atom. The van der Waals surface area contributed by atoms with E-state index in [1.807, 2.05) is 14.0 Å². The summed E-state index contributed by atoms with van der Waals surface area (Å²) in [6.07, 6.45) is 1.46. The number of hydrogen-bond donors (Lipinski definition) is 0. The number of likely N-dealkylation sites (tertiary alicyclic amines) is 1.